The number of para-hydroxylation sites is 1. The summed E-state index contributed by atoms with van der Waals surface area (Å²) in [6, 6.07) is 10.5. The number of piperazine rings is 1. The second-order valence-electron chi connectivity index (χ2n) is 7.29. The highest BCUT2D eigenvalue weighted by atomic mass is 127. The van der Waals surface area contributed by atoms with E-state index in [2.05, 4.69) is 49.7 Å². The Balaban J connectivity index is 0.00000338. The highest BCUT2D eigenvalue weighted by Crippen LogP contribution is 2.15. The van der Waals surface area contributed by atoms with Crippen LogP contribution < -0.4 is 15.5 Å². The lowest BCUT2D eigenvalue weighted by Crippen LogP contribution is -2.53. The van der Waals surface area contributed by atoms with Gasteiger partial charge in [-0.1, -0.05) is 39.0 Å². The van der Waals surface area contributed by atoms with Crippen molar-refractivity contribution in [3.8, 4) is 0 Å². The molecule has 0 radical (unpaired) electrons. The van der Waals surface area contributed by atoms with Crippen molar-refractivity contribution in [2.45, 2.75) is 20.8 Å². The van der Waals surface area contributed by atoms with Crippen LogP contribution in [0.5, 0.6) is 0 Å². The Morgan fingerprint density at radius 3 is 2.15 bits per heavy atom. The number of carbonyl (C=O) groups excluding carboxylic acids is 1. The number of hydrogen-bond acceptors (Lipinski definition) is 3. The van der Waals surface area contributed by atoms with Crippen LogP contribution in [0.25, 0.3) is 0 Å². The van der Waals surface area contributed by atoms with Crippen molar-refractivity contribution < 1.29 is 4.79 Å². The first kappa shape index (κ1) is 22.5. The summed E-state index contributed by atoms with van der Waals surface area (Å²) in [5.74, 6) is 0.971. The van der Waals surface area contributed by atoms with Gasteiger partial charge >= 0.3 is 0 Å². The molecule has 2 rings (SSSR count). The van der Waals surface area contributed by atoms with Gasteiger partial charge in [-0.25, -0.2) is 0 Å². The van der Waals surface area contributed by atoms with E-state index in [0.29, 0.717) is 13.1 Å². The first-order valence-electron chi connectivity index (χ1n) is 8.95. The maximum atomic E-state index is 11.9. The van der Waals surface area contributed by atoms with Crippen LogP contribution in [0.2, 0.25) is 0 Å². The van der Waals surface area contributed by atoms with Gasteiger partial charge in [-0.15, -0.1) is 24.0 Å². The molecule has 1 aliphatic rings. The molecule has 0 atom stereocenters. The molecule has 1 fully saturated rings. The smallest absolute Gasteiger partial charge is 0.225 e. The summed E-state index contributed by atoms with van der Waals surface area (Å²) in [6.07, 6.45) is 0. The van der Waals surface area contributed by atoms with E-state index in [0.717, 1.165) is 32.1 Å². The predicted octanol–water partition coefficient (Wildman–Crippen LogP) is 2.16. The Bertz CT molecular complexity index is 577. The highest BCUT2D eigenvalue weighted by molar-refractivity contribution is 14.0. The van der Waals surface area contributed by atoms with E-state index in [1.165, 1.54) is 5.69 Å². The van der Waals surface area contributed by atoms with Crippen molar-refractivity contribution >= 4 is 41.5 Å². The van der Waals surface area contributed by atoms with E-state index in [9.17, 15) is 4.79 Å². The Hall–Kier alpha value is -1.51. The SMILES string of the molecule is CN=C(NCCNC(=O)C(C)(C)C)N1CCN(c2ccccc2)CC1.I. The monoisotopic (exact) mass is 473 g/mol. The summed E-state index contributed by atoms with van der Waals surface area (Å²) < 4.78 is 0. The largest absolute Gasteiger partial charge is 0.368 e. The van der Waals surface area contributed by atoms with E-state index < -0.39 is 0 Å². The first-order chi connectivity index (χ1) is 11.9. The number of benzene rings is 1. The number of nitrogens with one attached hydrogen (secondary N) is 2. The predicted molar refractivity (Wildman–Crippen MR) is 119 cm³/mol. The number of halogens is 1. The van der Waals surface area contributed by atoms with Crippen LogP contribution in [0.15, 0.2) is 35.3 Å². The lowest BCUT2D eigenvalue weighted by Gasteiger charge is -2.37. The molecule has 2 N–H and O–H groups in total. The van der Waals surface area contributed by atoms with Gasteiger partial charge in [-0.3, -0.25) is 9.79 Å². The molecule has 26 heavy (non-hydrogen) atoms. The summed E-state index contributed by atoms with van der Waals surface area (Å²) in [4.78, 5) is 20.9. The third-order valence-corrected chi connectivity index (χ3v) is 4.29. The fourth-order valence-electron chi connectivity index (χ4n) is 2.76. The van der Waals surface area contributed by atoms with Crippen molar-refractivity contribution in [2.75, 3.05) is 51.2 Å². The molecule has 1 saturated heterocycles. The van der Waals surface area contributed by atoms with Crippen molar-refractivity contribution in [2.24, 2.45) is 10.4 Å². The number of anilines is 1. The number of guanidine groups is 1. The Morgan fingerprint density at radius 1 is 1.04 bits per heavy atom. The molecule has 0 aliphatic carbocycles. The second kappa shape index (κ2) is 10.6. The summed E-state index contributed by atoms with van der Waals surface area (Å²) in [7, 11) is 1.81. The lowest BCUT2D eigenvalue weighted by atomic mass is 9.96. The number of nitrogens with zero attached hydrogens (tertiary/aromatic N) is 3. The van der Waals surface area contributed by atoms with E-state index in [1.807, 2.05) is 26.8 Å². The van der Waals surface area contributed by atoms with Crippen LogP contribution in [0, 0.1) is 5.41 Å². The molecule has 1 aliphatic heterocycles. The van der Waals surface area contributed by atoms with Gasteiger partial charge in [-0.05, 0) is 12.1 Å². The highest BCUT2D eigenvalue weighted by Gasteiger charge is 2.21. The quantitative estimate of drug-likeness (QED) is 0.305. The molecule has 1 heterocycles. The van der Waals surface area contributed by atoms with E-state index in [1.54, 1.807) is 7.05 Å². The van der Waals surface area contributed by atoms with Gasteiger partial charge in [0.1, 0.15) is 0 Å². The van der Waals surface area contributed by atoms with Crippen molar-refractivity contribution in [3.05, 3.63) is 30.3 Å². The third kappa shape index (κ3) is 6.66. The van der Waals surface area contributed by atoms with Gasteiger partial charge in [0.05, 0.1) is 0 Å². The molecule has 0 saturated carbocycles. The fourth-order valence-corrected chi connectivity index (χ4v) is 2.76. The van der Waals surface area contributed by atoms with Crippen LogP contribution >= 0.6 is 24.0 Å². The van der Waals surface area contributed by atoms with E-state index in [-0.39, 0.29) is 35.3 Å². The van der Waals surface area contributed by atoms with Gasteiger partial charge in [-0.2, -0.15) is 0 Å². The molecule has 1 aromatic carbocycles. The van der Waals surface area contributed by atoms with Crippen LogP contribution in [-0.4, -0.2) is 63.1 Å². The van der Waals surface area contributed by atoms with Gasteiger partial charge < -0.3 is 20.4 Å². The number of hydrogen-bond donors (Lipinski definition) is 2. The molecule has 6 nitrogen and oxygen atoms in total. The molecule has 7 heteroatoms. The molecule has 0 spiro atoms. The second-order valence-corrected chi connectivity index (χ2v) is 7.29. The summed E-state index contributed by atoms with van der Waals surface area (Å²) in [5.41, 5.74) is 0.921. The van der Waals surface area contributed by atoms with Crippen LogP contribution in [0.3, 0.4) is 0 Å². The Morgan fingerprint density at radius 2 is 1.62 bits per heavy atom. The van der Waals surface area contributed by atoms with Gasteiger partial charge in [0.15, 0.2) is 5.96 Å². The Labute approximate surface area is 174 Å². The van der Waals surface area contributed by atoms with Gasteiger partial charge in [0, 0.05) is 57.4 Å². The van der Waals surface area contributed by atoms with E-state index >= 15 is 0 Å². The molecule has 146 valence electrons. The Kier molecular flexibility index (Phi) is 9.18. The maximum Gasteiger partial charge on any atom is 0.225 e. The third-order valence-electron chi connectivity index (χ3n) is 4.29. The summed E-state index contributed by atoms with van der Waals surface area (Å²) in [5, 5.41) is 6.29. The van der Waals surface area contributed by atoms with Crippen molar-refractivity contribution in [1.29, 1.82) is 0 Å². The van der Waals surface area contributed by atoms with Crippen LogP contribution in [0.4, 0.5) is 5.69 Å². The molecule has 1 amide bonds. The van der Waals surface area contributed by atoms with E-state index in [4.69, 9.17) is 0 Å². The van der Waals surface area contributed by atoms with Gasteiger partial charge in [0.25, 0.3) is 0 Å². The first-order valence-corrected chi connectivity index (χ1v) is 8.95. The lowest BCUT2D eigenvalue weighted by molar-refractivity contribution is -0.128. The minimum atomic E-state index is -0.352. The standard InChI is InChI=1S/C19H31N5O.HI/c1-19(2,3)17(25)21-10-11-22-18(20-4)24-14-12-23(13-15-24)16-8-6-5-7-9-16;/h5-9H,10-15H2,1-4H3,(H,20,22)(H,21,25);1H. The number of rotatable bonds is 4. The zero-order valence-electron chi connectivity index (χ0n) is 16.3. The molecule has 0 bridgehead atoms. The normalized spacial score (nSPS) is 15.3. The average molecular weight is 473 g/mol. The van der Waals surface area contributed by atoms with Crippen molar-refractivity contribution in [3.63, 3.8) is 0 Å². The minimum Gasteiger partial charge on any atom is -0.368 e. The zero-order valence-corrected chi connectivity index (χ0v) is 18.6. The molecule has 0 aromatic heterocycles. The average Bonchev–Trinajstić information content (AvgIpc) is 2.62. The number of carbonyl (C=O) groups is 1. The topological polar surface area (TPSA) is 60.0 Å². The van der Waals surface area contributed by atoms with Gasteiger partial charge in [0.2, 0.25) is 5.91 Å². The summed E-state index contributed by atoms with van der Waals surface area (Å²) in [6.45, 7) is 10.8. The number of amides is 1. The molecular weight excluding hydrogens is 441 g/mol. The number of aliphatic imine (C=N–C) groups is 1. The maximum absolute atomic E-state index is 11.9. The van der Waals surface area contributed by atoms with Crippen molar-refractivity contribution in [1.82, 2.24) is 15.5 Å². The fraction of sp³-hybridized carbons (Fsp3) is 0.579. The van der Waals surface area contributed by atoms with Crippen LogP contribution in [0.1, 0.15) is 20.8 Å². The minimum absolute atomic E-state index is 0. The van der Waals surface area contributed by atoms with Crippen LogP contribution in [-0.2, 0) is 4.79 Å². The molecular formula is C19H32IN5O. The molecule has 0 unspecified atom stereocenters. The summed E-state index contributed by atoms with van der Waals surface area (Å²) >= 11 is 0. The zero-order chi connectivity index (χ0) is 18.3. The molecule has 1 aromatic rings.